The summed E-state index contributed by atoms with van der Waals surface area (Å²) in [6.45, 7) is 0. The highest BCUT2D eigenvalue weighted by Crippen LogP contribution is 2.36. The van der Waals surface area contributed by atoms with E-state index in [1.54, 1.807) is 67.0 Å². The first kappa shape index (κ1) is 24.4. The van der Waals surface area contributed by atoms with Crippen molar-refractivity contribution in [1.82, 2.24) is 4.98 Å². The Morgan fingerprint density at radius 3 is 1.93 bits per heavy atom. The van der Waals surface area contributed by atoms with E-state index < -0.39 is 0 Å². The lowest BCUT2D eigenvalue weighted by Crippen LogP contribution is -2.38. The number of carbonyl (C=O) groups is 1. The van der Waals surface area contributed by atoms with Gasteiger partial charge in [-0.2, -0.15) is 0 Å². The highest BCUT2D eigenvalue weighted by Gasteiger charge is 2.26. The summed E-state index contributed by atoms with van der Waals surface area (Å²) >= 11 is 0. The summed E-state index contributed by atoms with van der Waals surface area (Å²) in [7, 11) is 0. The van der Waals surface area contributed by atoms with Gasteiger partial charge in [0.2, 0.25) is 0 Å². The minimum Gasteiger partial charge on any atom is -0.507 e. The van der Waals surface area contributed by atoms with Gasteiger partial charge in [0.15, 0.2) is 16.6 Å². The smallest absolute Gasteiger partial charge is 0.197 e. The lowest BCUT2D eigenvalue weighted by molar-refractivity contribution is 0.103. The van der Waals surface area contributed by atoms with Crippen LogP contribution in [0.2, 0.25) is 0 Å². The van der Waals surface area contributed by atoms with Gasteiger partial charge in [-0.1, -0.05) is 84.9 Å². The van der Waals surface area contributed by atoms with Crippen LogP contribution in [0.15, 0.2) is 131 Å². The molecule has 7 rings (SSSR count). The van der Waals surface area contributed by atoms with Gasteiger partial charge in [0.25, 0.3) is 0 Å². The van der Waals surface area contributed by atoms with E-state index in [0.717, 1.165) is 21.7 Å². The first-order valence-electron chi connectivity index (χ1n) is 13.1. The fourth-order valence-electron chi connectivity index (χ4n) is 5.68. The van der Waals surface area contributed by atoms with E-state index in [9.17, 15) is 19.5 Å². The molecule has 41 heavy (non-hydrogen) atoms. The number of aliphatic hydroxyl groups excluding tert-OH is 1. The van der Waals surface area contributed by atoms with Crippen molar-refractivity contribution in [1.29, 1.82) is 0 Å². The summed E-state index contributed by atoms with van der Waals surface area (Å²) in [4.78, 5) is 44.4. The van der Waals surface area contributed by atoms with Gasteiger partial charge in [-0.3, -0.25) is 19.4 Å². The van der Waals surface area contributed by atoms with Crippen molar-refractivity contribution in [3.8, 4) is 0 Å². The summed E-state index contributed by atoms with van der Waals surface area (Å²) in [6.07, 6.45) is 9.78. The topological polar surface area (TPSA) is 84.3 Å². The largest absolute Gasteiger partial charge is 0.507 e. The molecule has 1 aliphatic carbocycles. The van der Waals surface area contributed by atoms with E-state index >= 15 is 0 Å². The Morgan fingerprint density at radius 2 is 1.27 bits per heavy atom. The van der Waals surface area contributed by atoms with Gasteiger partial charge in [-0.25, -0.2) is 0 Å². The minimum atomic E-state index is -0.332. The third-order valence-corrected chi connectivity index (χ3v) is 7.66. The second-order valence-electron chi connectivity index (χ2n) is 9.94. The SMILES string of the molecule is O=C1C(/C=C/C(=C/C=c2c(=O)c3cccc4cccc(c2=O)c43)c2ccncc2)=C(O)c2cccc3cccc1c23. The van der Waals surface area contributed by atoms with Crippen LogP contribution in [0.4, 0.5) is 0 Å². The first-order valence-corrected chi connectivity index (χ1v) is 13.1. The molecule has 0 amide bonds. The normalized spacial score (nSPS) is 13.7. The lowest BCUT2D eigenvalue weighted by Gasteiger charge is -2.18. The molecule has 1 heterocycles. The number of allylic oxidation sites excluding steroid dienone is 5. The molecule has 0 fully saturated rings. The maximum Gasteiger partial charge on any atom is 0.197 e. The lowest BCUT2D eigenvalue weighted by atomic mass is 9.86. The Morgan fingerprint density at radius 1 is 0.683 bits per heavy atom. The van der Waals surface area contributed by atoms with E-state index in [0.29, 0.717) is 32.9 Å². The van der Waals surface area contributed by atoms with Gasteiger partial charge >= 0.3 is 0 Å². The maximum atomic E-state index is 13.5. The fourth-order valence-corrected chi connectivity index (χ4v) is 5.68. The predicted molar refractivity (Wildman–Crippen MR) is 164 cm³/mol. The standard InChI is InChI=1S/C36H21NO4/c38-33-25-9-1-5-23-6-2-10-26(31(23)25)34(39)29(33)15-13-21(22-17-19-37-20-18-22)14-16-30-35(40)27-11-3-7-24-8-4-12-28(32(24)27)36(30)41/h1-20,38H/b15-13+,21-14-. The number of benzene rings is 5. The van der Waals surface area contributed by atoms with Gasteiger partial charge < -0.3 is 5.11 Å². The van der Waals surface area contributed by atoms with Crippen LogP contribution in [0, 0.1) is 0 Å². The van der Waals surface area contributed by atoms with Crippen molar-refractivity contribution in [2.75, 3.05) is 0 Å². The Kier molecular flexibility index (Phi) is 5.65. The highest BCUT2D eigenvalue weighted by molar-refractivity contribution is 6.25. The minimum absolute atomic E-state index is 0.0626. The van der Waals surface area contributed by atoms with Gasteiger partial charge in [0.1, 0.15) is 5.76 Å². The van der Waals surface area contributed by atoms with Crippen molar-refractivity contribution in [3.63, 3.8) is 0 Å². The van der Waals surface area contributed by atoms with Gasteiger partial charge in [-0.15, -0.1) is 0 Å². The van der Waals surface area contributed by atoms with E-state index in [-0.39, 0.29) is 33.2 Å². The zero-order valence-corrected chi connectivity index (χ0v) is 21.7. The zero-order chi connectivity index (χ0) is 28.1. The number of Topliss-reactive ketones (excluding diaryl/α,β-unsaturated/α-hetero) is 1. The Hall–Kier alpha value is -5.68. The van der Waals surface area contributed by atoms with Crippen LogP contribution in [-0.4, -0.2) is 15.9 Å². The molecule has 1 N–H and O–H groups in total. The van der Waals surface area contributed by atoms with Crippen LogP contribution in [-0.2, 0) is 0 Å². The molecule has 0 bridgehead atoms. The molecule has 5 heteroatoms. The second-order valence-corrected chi connectivity index (χ2v) is 9.94. The van der Waals surface area contributed by atoms with Crippen LogP contribution in [0.3, 0.4) is 0 Å². The molecule has 5 aromatic carbocycles. The summed E-state index contributed by atoms with van der Waals surface area (Å²) in [5, 5.41) is 15.3. The van der Waals surface area contributed by atoms with E-state index in [1.807, 2.05) is 48.5 Å². The molecule has 0 aliphatic heterocycles. The van der Waals surface area contributed by atoms with Crippen molar-refractivity contribution in [2.45, 2.75) is 0 Å². The molecule has 1 aromatic heterocycles. The van der Waals surface area contributed by atoms with Crippen LogP contribution in [0.1, 0.15) is 21.5 Å². The van der Waals surface area contributed by atoms with Crippen molar-refractivity contribution >= 4 is 55.5 Å². The molecule has 0 unspecified atom stereocenters. The molecule has 0 atom stereocenters. The Labute approximate surface area is 233 Å². The van der Waals surface area contributed by atoms with Gasteiger partial charge in [0, 0.05) is 45.1 Å². The molecule has 0 radical (unpaired) electrons. The summed E-state index contributed by atoms with van der Waals surface area (Å²) in [5.41, 5.74) is 2.01. The average Bonchev–Trinajstić information content (AvgIpc) is 3.01. The van der Waals surface area contributed by atoms with Crippen LogP contribution in [0.5, 0.6) is 0 Å². The summed E-state index contributed by atoms with van der Waals surface area (Å²) < 4.78 is 0. The first-order chi connectivity index (χ1) is 20.0. The molecule has 0 saturated heterocycles. The maximum absolute atomic E-state index is 13.5. The quantitative estimate of drug-likeness (QED) is 0.282. The molecule has 0 saturated carbocycles. The second kappa shape index (κ2) is 9.50. The molecule has 5 nitrogen and oxygen atoms in total. The average molecular weight is 532 g/mol. The highest BCUT2D eigenvalue weighted by atomic mass is 16.3. The number of pyridine rings is 1. The number of ketones is 1. The third-order valence-electron chi connectivity index (χ3n) is 7.66. The predicted octanol–water partition coefficient (Wildman–Crippen LogP) is 6.00. The number of aliphatic hydroxyl groups is 1. The number of hydrogen-bond donors (Lipinski definition) is 1. The zero-order valence-electron chi connectivity index (χ0n) is 21.7. The van der Waals surface area contributed by atoms with Crippen molar-refractivity contribution < 1.29 is 9.90 Å². The summed E-state index contributed by atoms with van der Waals surface area (Å²) in [5.74, 6) is -0.372. The van der Waals surface area contributed by atoms with E-state index in [1.165, 1.54) is 6.08 Å². The van der Waals surface area contributed by atoms with Crippen molar-refractivity contribution in [2.24, 2.45) is 0 Å². The van der Waals surface area contributed by atoms with Gasteiger partial charge in [-0.05, 0) is 46.2 Å². The van der Waals surface area contributed by atoms with Gasteiger partial charge in [0.05, 0.1) is 10.8 Å². The summed E-state index contributed by atoms with van der Waals surface area (Å²) in [6, 6.07) is 25.5. The monoisotopic (exact) mass is 531 g/mol. The van der Waals surface area contributed by atoms with Crippen LogP contribution in [0.25, 0.3) is 49.7 Å². The van der Waals surface area contributed by atoms with E-state index in [4.69, 9.17) is 0 Å². The molecular formula is C36H21NO4. The van der Waals surface area contributed by atoms with Crippen LogP contribution >= 0.6 is 0 Å². The molecule has 0 spiro atoms. The molecule has 6 aromatic rings. The Bertz CT molecular complexity index is 2240. The van der Waals surface area contributed by atoms with Crippen LogP contribution < -0.4 is 16.1 Å². The van der Waals surface area contributed by atoms with Crippen molar-refractivity contribution in [3.05, 3.63) is 163 Å². The van der Waals surface area contributed by atoms with E-state index in [2.05, 4.69) is 4.98 Å². The molecule has 194 valence electrons. The fraction of sp³-hybridized carbons (Fsp3) is 0. The number of carbonyl (C=O) groups excluding carboxylic acids is 1. The number of aromatic nitrogens is 1. The third kappa shape index (κ3) is 3.86. The number of rotatable bonds is 4. The molecule has 1 aliphatic rings. The number of hydrogen-bond acceptors (Lipinski definition) is 5. The Balaban J connectivity index is 1.41. The number of nitrogens with zero attached hydrogens (tertiary/aromatic N) is 1. The molecular weight excluding hydrogens is 510 g/mol.